The van der Waals surface area contributed by atoms with Gasteiger partial charge >= 0.3 is 0 Å². The normalized spacial score (nSPS) is 10.4. The highest BCUT2D eigenvalue weighted by molar-refractivity contribution is 5.99. The molecule has 0 radical (unpaired) electrons. The Morgan fingerprint density at radius 1 is 1.29 bits per heavy atom. The Balaban J connectivity index is 1.90. The van der Waals surface area contributed by atoms with Crippen LogP contribution in [-0.4, -0.2) is 29.1 Å². The lowest BCUT2D eigenvalue weighted by Crippen LogP contribution is -2.26. The molecule has 2 aromatic rings. The van der Waals surface area contributed by atoms with E-state index in [1.165, 1.54) is 0 Å². The van der Waals surface area contributed by atoms with Gasteiger partial charge in [0.05, 0.1) is 5.56 Å². The maximum atomic E-state index is 12.2. The Hall–Kier alpha value is -2.37. The molecule has 1 amide bonds. The first-order valence-electron chi connectivity index (χ1n) is 7.11. The highest BCUT2D eigenvalue weighted by atomic mass is 16.5. The molecule has 2 rings (SSSR count). The van der Waals surface area contributed by atoms with Gasteiger partial charge in [0.2, 0.25) is 5.89 Å². The van der Waals surface area contributed by atoms with Crippen molar-refractivity contribution >= 4 is 11.6 Å². The average molecular weight is 288 g/mol. The van der Waals surface area contributed by atoms with Crippen LogP contribution in [-0.2, 0) is 6.42 Å². The molecule has 0 saturated carbocycles. The molecule has 0 unspecified atom stereocenters. The molecular formula is C15H20N4O2. The predicted molar refractivity (Wildman–Crippen MR) is 80.3 cm³/mol. The lowest BCUT2D eigenvalue weighted by atomic mass is 10.1. The molecule has 1 aromatic heterocycles. The van der Waals surface area contributed by atoms with Crippen molar-refractivity contribution < 1.29 is 9.32 Å². The number of aromatic nitrogens is 2. The maximum Gasteiger partial charge on any atom is 0.253 e. The van der Waals surface area contributed by atoms with E-state index in [-0.39, 0.29) is 5.91 Å². The van der Waals surface area contributed by atoms with Crippen LogP contribution in [0.15, 0.2) is 28.8 Å². The fourth-order valence-corrected chi connectivity index (χ4v) is 1.92. The van der Waals surface area contributed by atoms with Gasteiger partial charge in [0.25, 0.3) is 5.91 Å². The lowest BCUT2D eigenvalue weighted by molar-refractivity contribution is 0.0954. The molecule has 1 aromatic carbocycles. The van der Waals surface area contributed by atoms with Gasteiger partial charge in [0, 0.05) is 32.1 Å². The van der Waals surface area contributed by atoms with Gasteiger partial charge in [-0.2, -0.15) is 4.98 Å². The third kappa shape index (κ3) is 4.30. The predicted octanol–water partition coefficient (Wildman–Crippen LogP) is 2.17. The van der Waals surface area contributed by atoms with E-state index in [0.29, 0.717) is 30.2 Å². The van der Waals surface area contributed by atoms with E-state index in [9.17, 15) is 4.79 Å². The number of benzene rings is 1. The van der Waals surface area contributed by atoms with E-state index in [2.05, 4.69) is 27.7 Å². The molecule has 0 aliphatic rings. The van der Waals surface area contributed by atoms with Gasteiger partial charge in [-0.05, 0) is 18.6 Å². The van der Waals surface area contributed by atoms with Crippen molar-refractivity contribution in [1.29, 1.82) is 0 Å². The molecule has 0 bridgehead atoms. The molecule has 21 heavy (non-hydrogen) atoms. The number of rotatable bonds is 7. The van der Waals surface area contributed by atoms with Crippen molar-refractivity contribution in [2.75, 3.05) is 18.4 Å². The van der Waals surface area contributed by atoms with Crippen molar-refractivity contribution in [2.45, 2.75) is 26.7 Å². The van der Waals surface area contributed by atoms with E-state index < -0.39 is 0 Å². The van der Waals surface area contributed by atoms with Crippen LogP contribution in [0.25, 0.3) is 0 Å². The number of carbonyl (C=O) groups excluding carboxylic acids is 1. The Morgan fingerprint density at radius 3 is 2.81 bits per heavy atom. The number of carbonyl (C=O) groups is 1. The molecule has 0 aliphatic carbocycles. The molecular weight excluding hydrogens is 268 g/mol. The summed E-state index contributed by atoms with van der Waals surface area (Å²) in [6, 6.07) is 7.49. The number of nitrogens with zero attached hydrogens (tertiary/aromatic N) is 2. The van der Waals surface area contributed by atoms with Crippen LogP contribution >= 0.6 is 0 Å². The SMILES string of the molecule is CCCNc1ccccc1C(=O)NCCc1noc(C)n1. The largest absolute Gasteiger partial charge is 0.384 e. The number of anilines is 1. The number of amides is 1. The summed E-state index contributed by atoms with van der Waals surface area (Å²) in [6.07, 6.45) is 1.56. The van der Waals surface area contributed by atoms with E-state index in [1.54, 1.807) is 6.92 Å². The first-order chi connectivity index (χ1) is 10.2. The zero-order valence-electron chi connectivity index (χ0n) is 12.3. The smallest absolute Gasteiger partial charge is 0.253 e. The Kier molecular flexibility index (Phi) is 5.31. The molecule has 6 nitrogen and oxygen atoms in total. The fourth-order valence-electron chi connectivity index (χ4n) is 1.92. The summed E-state index contributed by atoms with van der Waals surface area (Å²) < 4.78 is 4.89. The van der Waals surface area contributed by atoms with E-state index >= 15 is 0 Å². The minimum absolute atomic E-state index is 0.102. The zero-order valence-corrected chi connectivity index (χ0v) is 12.3. The van der Waals surface area contributed by atoms with Crippen LogP contribution in [0.3, 0.4) is 0 Å². The van der Waals surface area contributed by atoms with E-state index in [0.717, 1.165) is 18.7 Å². The van der Waals surface area contributed by atoms with Crippen molar-refractivity contribution in [3.63, 3.8) is 0 Å². The molecule has 112 valence electrons. The third-order valence-electron chi connectivity index (χ3n) is 2.94. The van der Waals surface area contributed by atoms with Gasteiger partial charge in [0.1, 0.15) is 0 Å². The quantitative estimate of drug-likeness (QED) is 0.816. The second-order valence-corrected chi connectivity index (χ2v) is 4.71. The van der Waals surface area contributed by atoms with Gasteiger partial charge in [-0.3, -0.25) is 4.79 Å². The van der Waals surface area contributed by atoms with Crippen LogP contribution in [0.1, 0.15) is 35.4 Å². The van der Waals surface area contributed by atoms with Gasteiger partial charge < -0.3 is 15.2 Å². The molecule has 0 fully saturated rings. The highest BCUT2D eigenvalue weighted by Gasteiger charge is 2.10. The van der Waals surface area contributed by atoms with Gasteiger partial charge in [0.15, 0.2) is 5.82 Å². The second kappa shape index (κ2) is 7.42. The Labute approximate surface area is 123 Å². The van der Waals surface area contributed by atoms with Crippen LogP contribution in [0.5, 0.6) is 0 Å². The van der Waals surface area contributed by atoms with E-state index in [4.69, 9.17) is 4.52 Å². The number of hydrogen-bond acceptors (Lipinski definition) is 5. The molecule has 2 N–H and O–H groups in total. The lowest BCUT2D eigenvalue weighted by Gasteiger charge is -2.11. The average Bonchev–Trinajstić information content (AvgIpc) is 2.91. The van der Waals surface area contributed by atoms with Gasteiger partial charge in [-0.15, -0.1) is 0 Å². The maximum absolute atomic E-state index is 12.2. The third-order valence-corrected chi connectivity index (χ3v) is 2.94. The van der Waals surface area contributed by atoms with Crippen molar-refractivity contribution in [3.8, 4) is 0 Å². The van der Waals surface area contributed by atoms with Gasteiger partial charge in [-0.25, -0.2) is 0 Å². The second-order valence-electron chi connectivity index (χ2n) is 4.71. The highest BCUT2D eigenvalue weighted by Crippen LogP contribution is 2.14. The number of para-hydroxylation sites is 1. The van der Waals surface area contributed by atoms with E-state index in [1.807, 2.05) is 24.3 Å². The minimum atomic E-state index is -0.102. The number of aryl methyl sites for hydroxylation is 1. The summed E-state index contributed by atoms with van der Waals surface area (Å²) in [5.74, 6) is 1.03. The first kappa shape index (κ1) is 15.0. The van der Waals surface area contributed by atoms with Crippen LogP contribution in [0.4, 0.5) is 5.69 Å². The van der Waals surface area contributed by atoms with Crippen LogP contribution < -0.4 is 10.6 Å². The van der Waals surface area contributed by atoms with Crippen molar-refractivity contribution in [3.05, 3.63) is 41.5 Å². The summed E-state index contributed by atoms with van der Waals surface area (Å²) in [6.45, 7) is 5.14. The monoisotopic (exact) mass is 288 g/mol. The Bertz CT molecular complexity index is 595. The van der Waals surface area contributed by atoms with Crippen LogP contribution in [0.2, 0.25) is 0 Å². The topological polar surface area (TPSA) is 80.0 Å². The summed E-state index contributed by atoms with van der Waals surface area (Å²) in [7, 11) is 0. The summed E-state index contributed by atoms with van der Waals surface area (Å²) in [5.41, 5.74) is 1.50. The first-order valence-corrected chi connectivity index (χ1v) is 7.11. The molecule has 0 saturated heterocycles. The van der Waals surface area contributed by atoms with Crippen molar-refractivity contribution in [1.82, 2.24) is 15.5 Å². The standard InChI is InChI=1S/C15H20N4O2/c1-3-9-16-13-7-5-4-6-12(13)15(20)17-10-8-14-18-11(2)21-19-14/h4-7,16H,3,8-10H2,1-2H3,(H,17,20). The Morgan fingerprint density at radius 2 is 2.10 bits per heavy atom. The molecule has 0 aliphatic heterocycles. The summed E-state index contributed by atoms with van der Waals surface area (Å²) in [5, 5.41) is 9.92. The number of nitrogens with one attached hydrogen (secondary N) is 2. The molecule has 0 spiro atoms. The fraction of sp³-hybridized carbons (Fsp3) is 0.400. The summed E-state index contributed by atoms with van der Waals surface area (Å²) in [4.78, 5) is 16.3. The van der Waals surface area contributed by atoms with Gasteiger partial charge in [-0.1, -0.05) is 24.2 Å². The molecule has 0 atom stereocenters. The van der Waals surface area contributed by atoms with Crippen molar-refractivity contribution in [2.24, 2.45) is 0 Å². The molecule has 1 heterocycles. The summed E-state index contributed by atoms with van der Waals surface area (Å²) >= 11 is 0. The van der Waals surface area contributed by atoms with Crippen LogP contribution in [0, 0.1) is 6.92 Å². The minimum Gasteiger partial charge on any atom is -0.384 e. The number of hydrogen-bond donors (Lipinski definition) is 2. The molecule has 6 heteroatoms. The zero-order chi connectivity index (χ0) is 15.1.